The number of rotatable bonds is 17. The number of carbonyl (C=O) groups is 1. The zero-order valence-corrected chi connectivity index (χ0v) is 22.4. The van der Waals surface area contributed by atoms with E-state index in [-0.39, 0.29) is 0 Å². The van der Waals surface area contributed by atoms with E-state index >= 15 is 0 Å². The largest absolute Gasteiger partial charge is 0.394 e. The molecule has 9 N–H and O–H groups in total. The maximum Gasteiger partial charge on any atom is 0.223 e. The van der Waals surface area contributed by atoms with Crippen molar-refractivity contribution in [1.29, 1.82) is 0 Å². The summed E-state index contributed by atoms with van der Waals surface area (Å²) < 4.78 is 16.7. The van der Waals surface area contributed by atoms with Crippen LogP contribution in [0.3, 0.4) is 0 Å². The van der Waals surface area contributed by atoms with Crippen LogP contribution in [0.5, 0.6) is 0 Å². The van der Waals surface area contributed by atoms with Gasteiger partial charge >= 0.3 is 0 Å². The zero-order chi connectivity index (χ0) is 28.2. The van der Waals surface area contributed by atoms with Crippen LogP contribution in [0, 0.1) is 5.92 Å². The Kier molecular flexibility index (Phi) is 14.9. The minimum atomic E-state index is -1.75. The molecule has 0 aliphatic carbocycles. The van der Waals surface area contributed by atoms with Crippen LogP contribution in [0.15, 0.2) is 0 Å². The standard InChI is InChI=1S/C26H49NO11/c1-2-3-4-5-6-7-8-9-10-11-12-15(25(27)35)23-20(32)21(33)24(17(14-29)36-23)38-26-22(34)19(31)18(30)16(13-28)37-26/h15-24,26,28-34H,2-14H2,1H3,(H2,27,35)/t15?,16-,17-,18+,19+,20-,21-,22-,23?,24-,26+/m1/s1. The number of aliphatic hydroxyl groups is 7. The highest BCUT2D eigenvalue weighted by atomic mass is 16.7. The first kappa shape index (κ1) is 33.3. The number of amides is 1. The summed E-state index contributed by atoms with van der Waals surface area (Å²) in [6.45, 7) is 0.853. The summed E-state index contributed by atoms with van der Waals surface area (Å²) in [6, 6.07) is 0. The average Bonchev–Trinajstić information content (AvgIpc) is 2.90. The van der Waals surface area contributed by atoms with Gasteiger partial charge in [-0.25, -0.2) is 0 Å². The molecule has 2 rings (SSSR count). The second-order valence-corrected chi connectivity index (χ2v) is 10.6. The van der Waals surface area contributed by atoms with E-state index in [2.05, 4.69) is 6.92 Å². The van der Waals surface area contributed by atoms with Crippen LogP contribution in [0.4, 0.5) is 0 Å². The highest BCUT2D eigenvalue weighted by Crippen LogP contribution is 2.33. The molecule has 2 saturated heterocycles. The predicted molar refractivity (Wildman–Crippen MR) is 136 cm³/mol. The Bertz CT molecular complexity index is 667. The van der Waals surface area contributed by atoms with E-state index in [0.29, 0.717) is 12.8 Å². The monoisotopic (exact) mass is 551 g/mol. The van der Waals surface area contributed by atoms with Gasteiger partial charge in [-0.3, -0.25) is 4.79 Å². The van der Waals surface area contributed by atoms with Gasteiger partial charge in [0.1, 0.15) is 48.8 Å². The SMILES string of the molecule is CCCCCCCCCCCCC(C(N)=O)C1O[C@H](CO)[C@@H](O[C@@H]2O[C@H](CO)[C@H](O)[C@H](O)[C@H]2O)[C@H](O)[C@H]1O. The van der Waals surface area contributed by atoms with Crippen LogP contribution in [0.2, 0.25) is 0 Å². The molecule has 0 radical (unpaired) electrons. The van der Waals surface area contributed by atoms with Crippen molar-refractivity contribution in [3.05, 3.63) is 0 Å². The number of unbranched alkanes of at least 4 members (excludes halogenated alkanes) is 9. The van der Waals surface area contributed by atoms with E-state index in [4.69, 9.17) is 19.9 Å². The van der Waals surface area contributed by atoms with Gasteiger partial charge in [-0.1, -0.05) is 71.1 Å². The molecule has 0 saturated carbocycles. The molecule has 0 aromatic heterocycles. The first-order valence-corrected chi connectivity index (χ1v) is 14.1. The van der Waals surface area contributed by atoms with Crippen molar-refractivity contribution >= 4 is 5.91 Å². The maximum atomic E-state index is 12.2. The molecule has 2 fully saturated rings. The fourth-order valence-corrected chi connectivity index (χ4v) is 5.27. The Balaban J connectivity index is 1.92. The lowest BCUT2D eigenvalue weighted by atomic mass is 9.84. The van der Waals surface area contributed by atoms with Gasteiger partial charge in [0.25, 0.3) is 0 Å². The molecular formula is C26H49NO11. The molecule has 2 aliphatic heterocycles. The highest BCUT2D eigenvalue weighted by molar-refractivity contribution is 5.77. The molecule has 2 unspecified atom stereocenters. The lowest BCUT2D eigenvalue weighted by Crippen LogP contribution is -2.65. The Morgan fingerprint density at radius 2 is 1.29 bits per heavy atom. The Morgan fingerprint density at radius 3 is 1.82 bits per heavy atom. The number of hydrogen-bond acceptors (Lipinski definition) is 11. The fraction of sp³-hybridized carbons (Fsp3) is 0.962. The lowest BCUT2D eigenvalue weighted by molar-refractivity contribution is -0.343. The molecule has 0 aromatic carbocycles. The van der Waals surface area contributed by atoms with Crippen molar-refractivity contribution in [3.63, 3.8) is 0 Å². The van der Waals surface area contributed by atoms with Gasteiger partial charge in [-0.15, -0.1) is 0 Å². The van der Waals surface area contributed by atoms with E-state index in [1.807, 2.05) is 0 Å². The van der Waals surface area contributed by atoms with Crippen LogP contribution in [0.25, 0.3) is 0 Å². The van der Waals surface area contributed by atoms with E-state index < -0.39 is 86.3 Å². The number of nitrogens with two attached hydrogens (primary N) is 1. The Morgan fingerprint density at radius 1 is 0.737 bits per heavy atom. The van der Waals surface area contributed by atoms with Gasteiger partial charge < -0.3 is 55.7 Å². The average molecular weight is 552 g/mol. The van der Waals surface area contributed by atoms with Crippen molar-refractivity contribution in [1.82, 2.24) is 0 Å². The van der Waals surface area contributed by atoms with Gasteiger partial charge in [-0.2, -0.15) is 0 Å². The molecule has 0 bridgehead atoms. The summed E-state index contributed by atoms with van der Waals surface area (Å²) >= 11 is 0. The van der Waals surface area contributed by atoms with Gasteiger partial charge in [-0.05, 0) is 6.42 Å². The van der Waals surface area contributed by atoms with E-state index in [0.717, 1.165) is 19.3 Å². The molecular weight excluding hydrogens is 502 g/mol. The fourth-order valence-electron chi connectivity index (χ4n) is 5.27. The summed E-state index contributed by atoms with van der Waals surface area (Å²) in [6.07, 6.45) is -3.54. The third-order valence-electron chi connectivity index (χ3n) is 7.67. The van der Waals surface area contributed by atoms with Gasteiger partial charge in [0, 0.05) is 0 Å². The molecule has 0 aromatic rings. The van der Waals surface area contributed by atoms with Gasteiger partial charge in [0.2, 0.25) is 5.91 Å². The Labute approximate surface area is 224 Å². The quantitative estimate of drug-likeness (QED) is 0.103. The molecule has 11 atom stereocenters. The minimum absolute atomic E-state index is 0.344. The molecule has 0 spiro atoms. The summed E-state index contributed by atoms with van der Waals surface area (Å²) in [4.78, 5) is 12.2. The third-order valence-corrected chi connectivity index (χ3v) is 7.67. The molecule has 12 heteroatoms. The highest BCUT2D eigenvalue weighted by Gasteiger charge is 2.52. The Hall–Kier alpha value is -0.930. The van der Waals surface area contributed by atoms with Crippen LogP contribution >= 0.6 is 0 Å². The summed E-state index contributed by atoms with van der Waals surface area (Å²) in [7, 11) is 0. The number of hydrogen-bond donors (Lipinski definition) is 8. The summed E-state index contributed by atoms with van der Waals surface area (Å²) in [5, 5.41) is 71.1. The zero-order valence-electron chi connectivity index (χ0n) is 22.4. The molecule has 2 aliphatic rings. The van der Waals surface area contributed by atoms with Crippen molar-refractivity contribution in [3.8, 4) is 0 Å². The topological polar surface area (TPSA) is 212 Å². The number of ether oxygens (including phenoxy) is 3. The van der Waals surface area contributed by atoms with E-state index in [1.165, 1.54) is 38.5 Å². The van der Waals surface area contributed by atoms with Gasteiger partial charge in [0.15, 0.2) is 6.29 Å². The normalized spacial score (nSPS) is 36.7. The second-order valence-electron chi connectivity index (χ2n) is 10.6. The minimum Gasteiger partial charge on any atom is -0.394 e. The third kappa shape index (κ3) is 9.05. The number of carbonyl (C=O) groups excluding carboxylic acids is 1. The first-order valence-electron chi connectivity index (χ1n) is 14.1. The number of aliphatic hydroxyl groups excluding tert-OH is 7. The van der Waals surface area contributed by atoms with Gasteiger partial charge in [0.05, 0.1) is 25.2 Å². The van der Waals surface area contributed by atoms with Crippen LogP contribution < -0.4 is 5.73 Å². The van der Waals surface area contributed by atoms with Crippen LogP contribution in [0.1, 0.15) is 77.6 Å². The van der Waals surface area contributed by atoms with Crippen molar-refractivity contribution in [2.45, 2.75) is 139 Å². The number of primary amides is 1. The van der Waals surface area contributed by atoms with Crippen LogP contribution in [-0.4, -0.2) is 116 Å². The molecule has 12 nitrogen and oxygen atoms in total. The first-order chi connectivity index (χ1) is 18.2. The van der Waals surface area contributed by atoms with E-state index in [9.17, 15) is 40.5 Å². The summed E-state index contributed by atoms with van der Waals surface area (Å²) in [5.74, 6) is -1.60. The second kappa shape index (κ2) is 17.0. The van der Waals surface area contributed by atoms with Crippen molar-refractivity contribution in [2.24, 2.45) is 11.7 Å². The van der Waals surface area contributed by atoms with Crippen molar-refractivity contribution in [2.75, 3.05) is 13.2 Å². The molecule has 2 heterocycles. The molecule has 1 amide bonds. The maximum absolute atomic E-state index is 12.2. The van der Waals surface area contributed by atoms with Crippen LogP contribution in [-0.2, 0) is 19.0 Å². The lowest BCUT2D eigenvalue weighted by Gasteiger charge is -2.47. The van der Waals surface area contributed by atoms with E-state index in [1.54, 1.807) is 0 Å². The smallest absolute Gasteiger partial charge is 0.223 e. The molecule has 38 heavy (non-hydrogen) atoms. The summed E-state index contributed by atoms with van der Waals surface area (Å²) in [5.41, 5.74) is 5.61. The predicted octanol–water partition coefficient (Wildman–Crippen LogP) is -0.934. The van der Waals surface area contributed by atoms with Crippen molar-refractivity contribution < 1.29 is 54.8 Å². The molecule has 224 valence electrons.